The van der Waals surface area contributed by atoms with E-state index < -0.39 is 0 Å². The molecule has 0 aliphatic carbocycles. The van der Waals surface area contributed by atoms with Gasteiger partial charge in [0, 0.05) is 56.7 Å². The number of benzene rings is 2. The highest BCUT2D eigenvalue weighted by Crippen LogP contribution is 2.30. The molecule has 29 heavy (non-hydrogen) atoms. The van der Waals surface area contributed by atoms with Gasteiger partial charge in [0.15, 0.2) is 0 Å². The van der Waals surface area contributed by atoms with Crippen molar-refractivity contribution < 1.29 is 9.59 Å². The summed E-state index contributed by atoms with van der Waals surface area (Å²) in [5.74, 6) is 0.200. The van der Waals surface area contributed by atoms with E-state index in [9.17, 15) is 9.59 Å². The fourth-order valence-electron chi connectivity index (χ4n) is 4.23. The molecular weight excluding hydrogens is 364 g/mol. The monoisotopic (exact) mass is 392 g/mol. The molecule has 1 atom stereocenters. The number of para-hydroxylation sites is 1. The smallest absolute Gasteiger partial charge is 0.244 e. The molecule has 1 fully saturated rings. The summed E-state index contributed by atoms with van der Waals surface area (Å²) < 4.78 is 0. The first-order valence-corrected chi connectivity index (χ1v) is 10.3. The largest absolute Gasteiger partial charge is 0.374 e. The topological polar surface area (TPSA) is 55.9 Å². The Bertz CT molecular complexity index is 891. The first-order chi connectivity index (χ1) is 14.0. The number of carbonyl (C=O) groups excluding carboxylic acids is 2. The fraction of sp³-hybridized carbons (Fsp3) is 0.391. The van der Waals surface area contributed by atoms with E-state index in [1.54, 1.807) is 11.8 Å². The van der Waals surface area contributed by atoms with Crippen LogP contribution in [-0.4, -0.2) is 55.5 Å². The van der Waals surface area contributed by atoms with Gasteiger partial charge in [0.2, 0.25) is 11.8 Å². The normalized spacial score (nSPS) is 17.1. The van der Waals surface area contributed by atoms with Crippen molar-refractivity contribution in [2.24, 2.45) is 0 Å². The second kappa shape index (κ2) is 8.15. The van der Waals surface area contributed by atoms with E-state index in [2.05, 4.69) is 28.4 Å². The van der Waals surface area contributed by atoms with E-state index in [-0.39, 0.29) is 17.9 Å². The lowest BCUT2D eigenvalue weighted by Crippen LogP contribution is -2.52. The fourth-order valence-corrected chi connectivity index (χ4v) is 4.23. The Balaban J connectivity index is 1.34. The van der Waals surface area contributed by atoms with Crippen LogP contribution in [0.5, 0.6) is 0 Å². The average molecular weight is 393 g/mol. The summed E-state index contributed by atoms with van der Waals surface area (Å²) in [6.07, 6.45) is 0.855. The molecule has 1 saturated heterocycles. The molecule has 6 nitrogen and oxygen atoms in total. The van der Waals surface area contributed by atoms with Crippen molar-refractivity contribution in [1.82, 2.24) is 4.90 Å². The predicted octanol–water partition coefficient (Wildman–Crippen LogP) is 2.74. The Labute approximate surface area is 172 Å². The van der Waals surface area contributed by atoms with E-state index in [4.69, 9.17) is 0 Å². The number of fused-ring (bicyclic) bond motifs is 1. The molecule has 4 rings (SSSR count). The first kappa shape index (κ1) is 19.3. The maximum absolute atomic E-state index is 12.9. The first-order valence-electron chi connectivity index (χ1n) is 10.3. The van der Waals surface area contributed by atoms with E-state index in [0.717, 1.165) is 56.1 Å². The molecular formula is C23H28N4O2. The van der Waals surface area contributed by atoms with Crippen LogP contribution in [0.1, 0.15) is 19.4 Å². The van der Waals surface area contributed by atoms with Crippen molar-refractivity contribution in [2.45, 2.75) is 26.3 Å². The zero-order chi connectivity index (χ0) is 20.4. The third-order valence-corrected chi connectivity index (χ3v) is 5.82. The Morgan fingerprint density at radius 3 is 2.38 bits per heavy atom. The van der Waals surface area contributed by atoms with Crippen LogP contribution in [0.15, 0.2) is 48.5 Å². The summed E-state index contributed by atoms with van der Waals surface area (Å²) in [5.41, 5.74) is 4.28. The van der Waals surface area contributed by atoms with Crippen LogP contribution in [0, 0.1) is 0 Å². The molecule has 2 aliphatic heterocycles. The van der Waals surface area contributed by atoms with Crippen LogP contribution in [0.3, 0.4) is 0 Å². The Morgan fingerprint density at radius 1 is 0.966 bits per heavy atom. The molecule has 2 aromatic rings. The third kappa shape index (κ3) is 4.06. The van der Waals surface area contributed by atoms with E-state index >= 15 is 0 Å². The van der Waals surface area contributed by atoms with Crippen LogP contribution in [0.4, 0.5) is 17.1 Å². The van der Waals surface area contributed by atoms with Gasteiger partial charge >= 0.3 is 0 Å². The summed E-state index contributed by atoms with van der Waals surface area (Å²) in [5, 5.41) is 3.35. The van der Waals surface area contributed by atoms with Gasteiger partial charge in [-0.15, -0.1) is 0 Å². The lowest BCUT2D eigenvalue weighted by atomic mass is 10.1. The number of hydrogen-bond donors (Lipinski definition) is 1. The maximum atomic E-state index is 12.9. The number of nitrogens with zero attached hydrogens (tertiary/aromatic N) is 3. The summed E-state index contributed by atoms with van der Waals surface area (Å²) >= 11 is 0. The van der Waals surface area contributed by atoms with Gasteiger partial charge in [-0.05, 0) is 49.2 Å². The minimum Gasteiger partial charge on any atom is -0.374 e. The van der Waals surface area contributed by atoms with Crippen LogP contribution < -0.4 is 15.1 Å². The minimum atomic E-state index is -0.290. The molecule has 1 unspecified atom stereocenters. The lowest BCUT2D eigenvalue weighted by Gasteiger charge is -2.37. The average Bonchev–Trinajstić information content (AvgIpc) is 3.17. The summed E-state index contributed by atoms with van der Waals surface area (Å²) in [6.45, 7) is 7.41. The molecule has 0 spiro atoms. The Morgan fingerprint density at radius 2 is 1.69 bits per heavy atom. The second-order valence-corrected chi connectivity index (χ2v) is 7.78. The molecule has 152 valence electrons. The number of amides is 2. The molecule has 6 heteroatoms. The molecule has 0 radical (unpaired) electrons. The number of piperazine rings is 1. The van der Waals surface area contributed by atoms with Crippen molar-refractivity contribution in [3.63, 3.8) is 0 Å². The van der Waals surface area contributed by atoms with Gasteiger partial charge in [-0.2, -0.15) is 0 Å². The van der Waals surface area contributed by atoms with E-state index in [1.165, 1.54) is 5.69 Å². The van der Waals surface area contributed by atoms with Crippen LogP contribution >= 0.6 is 0 Å². The number of carbonyl (C=O) groups is 2. The van der Waals surface area contributed by atoms with Gasteiger partial charge in [0.05, 0.1) is 0 Å². The van der Waals surface area contributed by atoms with Crippen molar-refractivity contribution in [3.8, 4) is 0 Å². The molecule has 0 saturated carbocycles. The summed E-state index contributed by atoms with van der Waals surface area (Å²) in [7, 11) is 0. The highest BCUT2D eigenvalue weighted by atomic mass is 16.2. The number of anilines is 3. The minimum absolute atomic E-state index is 0.0719. The van der Waals surface area contributed by atoms with Gasteiger partial charge in [-0.1, -0.05) is 18.2 Å². The van der Waals surface area contributed by atoms with E-state index in [0.29, 0.717) is 0 Å². The Kier molecular flexibility index (Phi) is 5.43. The standard InChI is InChI=1S/C23H28N4O2/c1-17(24-20-8-9-22-19(16-20)10-11-27(22)18(2)28)23(29)26-14-12-25(13-15-26)21-6-4-3-5-7-21/h3-9,16-17,24H,10-15H2,1-2H3. The van der Waals surface area contributed by atoms with Crippen LogP contribution in [-0.2, 0) is 16.0 Å². The van der Waals surface area contributed by atoms with Crippen LogP contribution in [0.2, 0.25) is 0 Å². The zero-order valence-corrected chi connectivity index (χ0v) is 17.1. The molecule has 2 aliphatic rings. The highest BCUT2D eigenvalue weighted by molar-refractivity contribution is 5.94. The van der Waals surface area contributed by atoms with Gasteiger partial charge in [0.25, 0.3) is 0 Å². The molecule has 2 aromatic carbocycles. The number of hydrogen-bond acceptors (Lipinski definition) is 4. The summed E-state index contributed by atoms with van der Waals surface area (Å²) in [6, 6.07) is 16.0. The number of rotatable bonds is 4. The third-order valence-electron chi connectivity index (χ3n) is 5.82. The lowest BCUT2D eigenvalue weighted by molar-refractivity contribution is -0.132. The number of nitrogens with one attached hydrogen (secondary N) is 1. The molecule has 1 N–H and O–H groups in total. The van der Waals surface area contributed by atoms with Gasteiger partial charge in [-0.3, -0.25) is 9.59 Å². The predicted molar refractivity (Wildman–Crippen MR) is 116 cm³/mol. The van der Waals surface area contributed by atoms with Crippen LogP contribution in [0.25, 0.3) is 0 Å². The van der Waals surface area contributed by atoms with Gasteiger partial charge < -0.3 is 20.0 Å². The Hall–Kier alpha value is -3.02. The second-order valence-electron chi connectivity index (χ2n) is 7.78. The van der Waals surface area contributed by atoms with Gasteiger partial charge in [0.1, 0.15) is 6.04 Å². The van der Waals surface area contributed by atoms with Gasteiger partial charge in [-0.25, -0.2) is 0 Å². The molecule has 2 amide bonds. The quantitative estimate of drug-likeness (QED) is 0.869. The summed E-state index contributed by atoms with van der Waals surface area (Å²) in [4.78, 5) is 30.7. The SMILES string of the molecule is CC(=O)N1CCc2cc(NC(C)C(=O)N3CCN(c4ccccc4)CC3)ccc21. The van der Waals surface area contributed by atoms with Crippen molar-refractivity contribution in [2.75, 3.05) is 47.8 Å². The molecule has 0 aromatic heterocycles. The highest BCUT2D eigenvalue weighted by Gasteiger charge is 2.26. The van der Waals surface area contributed by atoms with Crippen molar-refractivity contribution >= 4 is 28.9 Å². The zero-order valence-electron chi connectivity index (χ0n) is 17.1. The van der Waals surface area contributed by atoms with E-state index in [1.807, 2.05) is 42.2 Å². The molecule has 0 bridgehead atoms. The van der Waals surface area contributed by atoms with Crippen molar-refractivity contribution in [1.29, 1.82) is 0 Å². The maximum Gasteiger partial charge on any atom is 0.244 e. The molecule has 2 heterocycles. The van der Waals surface area contributed by atoms with Crippen molar-refractivity contribution in [3.05, 3.63) is 54.1 Å².